The number of halogens is 1. The second-order valence-corrected chi connectivity index (χ2v) is 8.21. The molecule has 0 N–H and O–H groups in total. The maximum atomic E-state index is 12.2. The number of carbonyl (C=O) groups excluding carboxylic acids is 1. The van der Waals surface area contributed by atoms with E-state index in [1.54, 1.807) is 11.9 Å². The van der Waals surface area contributed by atoms with Gasteiger partial charge in [0.15, 0.2) is 0 Å². The van der Waals surface area contributed by atoms with Gasteiger partial charge in [-0.3, -0.25) is 9.00 Å². The molecule has 0 bridgehead atoms. The molecular weight excluding hydrogens is 402 g/mol. The zero-order chi connectivity index (χ0) is 18.2. The van der Waals surface area contributed by atoms with Gasteiger partial charge in [0.1, 0.15) is 18.1 Å². The van der Waals surface area contributed by atoms with Crippen LogP contribution >= 0.6 is 15.9 Å². The number of likely N-dealkylation sites (N-methyl/N-ethyl adjacent to an activating group) is 1. The van der Waals surface area contributed by atoms with E-state index in [4.69, 9.17) is 4.74 Å². The lowest BCUT2D eigenvalue weighted by atomic mass is 10.2. The van der Waals surface area contributed by atoms with Crippen LogP contribution in [-0.4, -0.2) is 41.0 Å². The Hall–Kier alpha value is -1.66. The second-order valence-electron chi connectivity index (χ2n) is 5.84. The largest absolute Gasteiger partial charge is 0.492 e. The quantitative estimate of drug-likeness (QED) is 0.651. The number of carbonyl (C=O) groups is 1. The molecule has 0 radical (unpaired) electrons. The summed E-state index contributed by atoms with van der Waals surface area (Å²) < 4.78 is 18.8. The van der Waals surface area contributed by atoms with Crippen molar-refractivity contribution < 1.29 is 13.7 Å². The highest BCUT2D eigenvalue weighted by Crippen LogP contribution is 2.13. The fourth-order valence-electron chi connectivity index (χ4n) is 2.20. The molecule has 0 saturated carbocycles. The molecule has 0 aromatic heterocycles. The van der Waals surface area contributed by atoms with E-state index in [9.17, 15) is 9.00 Å². The topological polar surface area (TPSA) is 46.6 Å². The Morgan fingerprint density at radius 3 is 2.60 bits per heavy atom. The summed E-state index contributed by atoms with van der Waals surface area (Å²) >= 11 is 3.37. The van der Waals surface area contributed by atoms with Gasteiger partial charge in [0, 0.05) is 28.1 Å². The van der Waals surface area contributed by atoms with Gasteiger partial charge >= 0.3 is 0 Å². The standard InChI is InChI=1S/C19H22BrNO3S/c1-15-4-3-5-18(12-15)24-11-10-21(2)19(22)14-25(23)13-16-6-8-17(20)9-7-16/h3-9,12H,10-11,13-14H2,1-2H3. The smallest absolute Gasteiger partial charge is 0.235 e. The van der Waals surface area contributed by atoms with E-state index in [-0.39, 0.29) is 11.7 Å². The normalized spacial score (nSPS) is 11.8. The Balaban J connectivity index is 1.73. The molecule has 0 aliphatic heterocycles. The molecule has 0 aliphatic rings. The van der Waals surface area contributed by atoms with E-state index in [2.05, 4.69) is 15.9 Å². The molecular formula is C19H22BrNO3S. The van der Waals surface area contributed by atoms with Gasteiger partial charge in [0.2, 0.25) is 5.91 Å². The van der Waals surface area contributed by atoms with Crippen molar-refractivity contribution in [3.8, 4) is 5.75 Å². The summed E-state index contributed by atoms with van der Waals surface area (Å²) in [6.45, 7) is 2.87. The summed E-state index contributed by atoms with van der Waals surface area (Å²) in [5.41, 5.74) is 2.09. The maximum Gasteiger partial charge on any atom is 0.235 e. The maximum absolute atomic E-state index is 12.2. The van der Waals surface area contributed by atoms with E-state index in [0.29, 0.717) is 18.9 Å². The van der Waals surface area contributed by atoms with Crippen molar-refractivity contribution in [1.29, 1.82) is 0 Å². The molecule has 1 amide bonds. The average molecular weight is 424 g/mol. The first kappa shape index (κ1) is 19.7. The minimum Gasteiger partial charge on any atom is -0.492 e. The van der Waals surface area contributed by atoms with Crippen LogP contribution in [0.25, 0.3) is 0 Å². The van der Waals surface area contributed by atoms with Crippen molar-refractivity contribution in [2.75, 3.05) is 26.0 Å². The van der Waals surface area contributed by atoms with Gasteiger partial charge in [-0.2, -0.15) is 0 Å². The van der Waals surface area contributed by atoms with Crippen LogP contribution in [0.15, 0.2) is 53.0 Å². The first-order valence-electron chi connectivity index (χ1n) is 7.97. The van der Waals surface area contributed by atoms with Gasteiger partial charge < -0.3 is 9.64 Å². The summed E-state index contributed by atoms with van der Waals surface area (Å²) in [5, 5.41) is 0. The van der Waals surface area contributed by atoms with Crippen molar-refractivity contribution >= 4 is 32.6 Å². The number of nitrogens with zero attached hydrogens (tertiary/aromatic N) is 1. The third kappa shape index (κ3) is 7.00. The molecule has 0 saturated heterocycles. The van der Waals surface area contributed by atoms with Crippen molar-refractivity contribution in [3.05, 3.63) is 64.1 Å². The number of ether oxygens (including phenoxy) is 1. The molecule has 4 nitrogen and oxygen atoms in total. The Morgan fingerprint density at radius 2 is 1.92 bits per heavy atom. The van der Waals surface area contributed by atoms with Crippen molar-refractivity contribution in [3.63, 3.8) is 0 Å². The Kier molecular flexibility index (Phi) is 7.65. The summed E-state index contributed by atoms with van der Waals surface area (Å²) in [5.74, 6) is 1.06. The molecule has 2 aromatic rings. The van der Waals surface area contributed by atoms with E-state index in [0.717, 1.165) is 21.3 Å². The van der Waals surface area contributed by atoms with Crippen molar-refractivity contribution in [2.45, 2.75) is 12.7 Å². The minimum atomic E-state index is -1.22. The highest BCUT2D eigenvalue weighted by molar-refractivity contribution is 9.10. The van der Waals surface area contributed by atoms with Crippen LogP contribution in [0.3, 0.4) is 0 Å². The molecule has 2 aromatic carbocycles. The highest BCUT2D eigenvalue weighted by atomic mass is 79.9. The molecule has 6 heteroatoms. The number of hydrogen-bond donors (Lipinski definition) is 0. The van der Waals surface area contributed by atoms with Crippen LogP contribution in [-0.2, 0) is 21.3 Å². The lowest BCUT2D eigenvalue weighted by Crippen LogP contribution is -2.34. The van der Waals surface area contributed by atoms with Gasteiger partial charge in [-0.25, -0.2) is 0 Å². The van der Waals surface area contributed by atoms with Gasteiger partial charge in [-0.15, -0.1) is 0 Å². The molecule has 1 unspecified atom stereocenters. The van der Waals surface area contributed by atoms with E-state index < -0.39 is 10.8 Å². The van der Waals surface area contributed by atoms with E-state index >= 15 is 0 Å². The summed E-state index contributed by atoms with van der Waals surface area (Å²) in [7, 11) is 0.487. The molecule has 0 fully saturated rings. The molecule has 1 atom stereocenters. The number of rotatable bonds is 8. The number of hydrogen-bond acceptors (Lipinski definition) is 3. The fourth-order valence-corrected chi connectivity index (χ4v) is 3.62. The van der Waals surface area contributed by atoms with Gasteiger partial charge in [-0.05, 0) is 42.3 Å². The second kappa shape index (κ2) is 9.73. The lowest BCUT2D eigenvalue weighted by Gasteiger charge is -2.17. The molecule has 0 heterocycles. The van der Waals surface area contributed by atoms with Gasteiger partial charge in [0.05, 0.1) is 6.54 Å². The fraction of sp³-hybridized carbons (Fsp3) is 0.316. The van der Waals surface area contributed by atoms with E-state index in [1.165, 1.54) is 0 Å². The predicted molar refractivity (Wildman–Crippen MR) is 105 cm³/mol. The number of amides is 1. The lowest BCUT2D eigenvalue weighted by molar-refractivity contribution is -0.127. The Labute approximate surface area is 159 Å². The monoisotopic (exact) mass is 423 g/mol. The van der Waals surface area contributed by atoms with Crippen LogP contribution in [0, 0.1) is 6.92 Å². The van der Waals surface area contributed by atoms with Crippen molar-refractivity contribution in [2.24, 2.45) is 0 Å². The number of aryl methyl sites for hydroxylation is 1. The first-order chi connectivity index (χ1) is 11.9. The summed E-state index contributed by atoms with van der Waals surface area (Å²) in [6.07, 6.45) is 0. The van der Waals surface area contributed by atoms with Crippen molar-refractivity contribution in [1.82, 2.24) is 4.90 Å². The highest BCUT2D eigenvalue weighted by Gasteiger charge is 2.13. The molecule has 0 aliphatic carbocycles. The molecule has 134 valence electrons. The van der Waals surface area contributed by atoms with Crippen LogP contribution < -0.4 is 4.74 Å². The molecule has 2 rings (SSSR count). The van der Waals surface area contributed by atoms with Crippen LogP contribution in [0.5, 0.6) is 5.75 Å². The number of benzene rings is 2. The predicted octanol–water partition coefficient (Wildman–Crippen LogP) is 3.54. The Morgan fingerprint density at radius 1 is 1.20 bits per heavy atom. The Bertz CT molecular complexity index is 734. The van der Waals surface area contributed by atoms with Crippen LogP contribution in [0.1, 0.15) is 11.1 Å². The zero-order valence-corrected chi connectivity index (χ0v) is 16.8. The first-order valence-corrected chi connectivity index (χ1v) is 10.2. The minimum absolute atomic E-state index is 0.0248. The molecule has 0 spiro atoms. The molecule has 25 heavy (non-hydrogen) atoms. The van der Waals surface area contributed by atoms with E-state index in [1.807, 2.05) is 55.5 Å². The van der Waals surface area contributed by atoms with Crippen LogP contribution in [0.2, 0.25) is 0 Å². The summed E-state index contributed by atoms with van der Waals surface area (Å²) in [4.78, 5) is 13.7. The van der Waals surface area contributed by atoms with Gasteiger partial charge in [0.25, 0.3) is 0 Å². The third-order valence-electron chi connectivity index (χ3n) is 3.64. The summed E-state index contributed by atoms with van der Waals surface area (Å²) in [6, 6.07) is 15.4. The van der Waals surface area contributed by atoms with Crippen LogP contribution in [0.4, 0.5) is 0 Å². The SMILES string of the molecule is Cc1cccc(OCCN(C)C(=O)CS(=O)Cc2ccc(Br)cc2)c1. The van der Waals surface area contributed by atoms with Gasteiger partial charge in [-0.1, -0.05) is 40.2 Å². The average Bonchev–Trinajstić information content (AvgIpc) is 2.57. The third-order valence-corrected chi connectivity index (χ3v) is 5.39. The zero-order valence-electron chi connectivity index (χ0n) is 14.4.